The smallest absolute Gasteiger partial charge is 0.121 e. The van der Waals surface area contributed by atoms with Gasteiger partial charge in [0.15, 0.2) is 0 Å². The number of rotatable bonds is 5. The van der Waals surface area contributed by atoms with Crippen molar-refractivity contribution in [3.63, 3.8) is 0 Å². The minimum Gasteiger partial charge on any atom is -0.497 e. The third-order valence-corrected chi connectivity index (χ3v) is 4.16. The van der Waals surface area contributed by atoms with Crippen molar-refractivity contribution in [3.05, 3.63) is 57.0 Å². The first-order valence-electron chi connectivity index (χ1n) is 6.06. The highest BCUT2D eigenvalue weighted by Crippen LogP contribution is 2.26. The zero-order valence-corrected chi connectivity index (χ0v) is 14.4. The molecule has 0 aliphatic heterocycles. The van der Waals surface area contributed by atoms with E-state index in [0.29, 0.717) is 22.9 Å². The summed E-state index contributed by atoms with van der Waals surface area (Å²) >= 11 is 14.5. The minimum atomic E-state index is 0.266. The Morgan fingerprint density at radius 2 is 1.95 bits per heavy atom. The number of methoxy groups -OCH3 is 1. The van der Waals surface area contributed by atoms with Gasteiger partial charge in [-0.05, 0) is 36.4 Å². The van der Waals surface area contributed by atoms with Crippen LogP contribution in [0.3, 0.4) is 0 Å². The zero-order chi connectivity index (χ0) is 15.4. The average Bonchev–Trinajstić information content (AvgIpc) is 2.46. The largest absolute Gasteiger partial charge is 0.497 e. The van der Waals surface area contributed by atoms with Crippen LogP contribution in [0.15, 0.2) is 40.9 Å². The van der Waals surface area contributed by atoms with Crippen LogP contribution in [0.4, 0.5) is 0 Å². The lowest BCUT2D eigenvalue weighted by Gasteiger charge is -2.11. The maximum Gasteiger partial charge on any atom is 0.121 e. The molecule has 0 unspecified atom stereocenters. The zero-order valence-electron chi connectivity index (χ0n) is 11.2. The molecule has 0 radical (unpaired) electrons. The molecule has 2 aromatic rings. The van der Waals surface area contributed by atoms with E-state index in [9.17, 15) is 0 Å². The summed E-state index contributed by atoms with van der Waals surface area (Å²) in [6.45, 7) is 0.389. The molecular weight excluding hydrogens is 374 g/mol. The Balaban J connectivity index is 2.13. The number of hydrogen-bond acceptors (Lipinski definition) is 3. The summed E-state index contributed by atoms with van der Waals surface area (Å²) in [5.74, 6) is 1.42. The topological polar surface area (TPSA) is 44.5 Å². The molecule has 2 aromatic carbocycles. The lowest BCUT2D eigenvalue weighted by atomic mass is 10.2. The Morgan fingerprint density at radius 3 is 2.57 bits per heavy atom. The van der Waals surface area contributed by atoms with Crippen molar-refractivity contribution < 1.29 is 9.47 Å². The average molecular weight is 387 g/mol. The molecule has 0 aromatic heterocycles. The molecule has 0 saturated heterocycles. The lowest BCUT2D eigenvalue weighted by molar-refractivity contribution is 0.304. The van der Waals surface area contributed by atoms with E-state index in [4.69, 9.17) is 39.0 Å². The molecule has 6 heteroatoms. The highest BCUT2D eigenvalue weighted by molar-refractivity contribution is 9.10. The Hall–Kier alpha value is -1.30. The van der Waals surface area contributed by atoms with Gasteiger partial charge >= 0.3 is 0 Å². The number of thiocarbonyl (C=S) groups is 1. The second-order valence-electron chi connectivity index (χ2n) is 4.25. The van der Waals surface area contributed by atoms with Gasteiger partial charge in [-0.3, -0.25) is 0 Å². The molecule has 0 bridgehead atoms. The summed E-state index contributed by atoms with van der Waals surface area (Å²) in [6, 6.07) is 10.9. The Bertz CT molecular complexity index is 679. The van der Waals surface area contributed by atoms with Gasteiger partial charge in [0, 0.05) is 15.6 Å². The van der Waals surface area contributed by atoms with Gasteiger partial charge in [-0.2, -0.15) is 0 Å². The first-order valence-corrected chi connectivity index (χ1v) is 7.63. The second-order valence-corrected chi connectivity index (χ2v) is 5.95. The number of benzene rings is 2. The number of halogens is 2. The van der Waals surface area contributed by atoms with Gasteiger partial charge < -0.3 is 15.2 Å². The van der Waals surface area contributed by atoms with Gasteiger partial charge in [0.25, 0.3) is 0 Å². The van der Waals surface area contributed by atoms with E-state index in [-0.39, 0.29) is 4.99 Å². The molecule has 3 nitrogen and oxygen atoms in total. The van der Waals surface area contributed by atoms with E-state index in [0.717, 1.165) is 15.8 Å². The third kappa shape index (κ3) is 4.09. The summed E-state index contributed by atoms with van der Waals surface area (Å²) in [4.78, 5) is 0.266. The molecular formula is C15H13BrClNO2S. The van der Waals surface area contributed by atoms with Crippen LogP contribution in [0.2, 0.25) is 5.02 Å². The van der Waals surface area contributed by atoms with Crippen molar-refractivity contribution in [3.8, 4) is 11.5 Å². The molecule has 2 N–H and O–H groups in total. The SMILES string of the molecule is COc1ccc(Br)c(COc2ccc(C(N)=S)c(Cl)c2)c1. The van der Waals surface area contributed by atoms with Crippen LogP contribution in [0.5, 0.6) is 11.5 Å². The quantitative estimate of drug-likeness (QED) is 0.777. The van der Waals surface area contributed by atoms with Crippen molar-refractivity contribution >= 4 is 44.7 Å². The highest BCUT2D eigenvalue weighted by Gasteiger charge is 2.07. The van der Waals surface area contributed by atoms with Crippen molar-refractivity contribution in [2.75, 3.05) is 7.11 Å². The van der Waals surface area contributed by atoms with Crippen molar-refractivity contribution in [1.82, 2.24) is 0 Å². The lowest BCUT2D eigenvalue weighted by Crippen LogP contribution is -2.09. The number of nitrogens with two attached hydrogens (primary N) is 1. The Kier molecular flexibility index (Phi) is 5.45. The van der Waals surface area contributed by atoms with Gasteiger partial charge in [-0.15, -0.1) is 0 Å². The van der Waals surface area contributed by atoms with E-state index in [1.807, 2.05) is 18.2 Å². The molecule has 0 aliphatic rings. The van der Waals surface area contributed by atoms with Crippen LogP contribution in [0.1, 0.15) is 11.1 Å². The highest BCUT2D eigenvalue weighted by atomic mass is 79.9. The molecule has 0 fully saturated rings. The first-order chi connectivity index (χ1) is 10.0. The first kappa shape index (κ1) is 16.1. The van der Waals surface area contributed by atoms with Gasteiger partial charge in [-0.25, -0.2) is 0 Å². The van der Waals surface area contributed by atoms with Crippen molar-refractivity contribution in [2.24, 2.45) is 5.73 Å². The molecule has 0 saturated carbocycles. The molecule has 0 atom stereocenters. The molecule has 21 heavy (non-hydrogen) atoms. The molecule has 110 valence electrons. The van der Waals surface area contributed by atoms with Crippen LogP contribution < -0.4 is 15.2 Å². The summed E-state index contributed by atoms with van der Waals surface area (Å²) in [7, 11) is 1.63. The van der Waals surface area contributed by atoms with Crippen LogP contribution in [-0.4, -0.2) is 12.1 Å². The fourth-order valence-electron chi connectivity index (χ4n) is 1.74. The maximum atomic E-state index is 6.11. The van der Waals surface area contributed by atoms with E-state index in [2.05, 4.69) is 15.9 Å². The summed E-state index contributed by atoms with van der Waals surface area (Å²) in [5, 5.41) is 0.477. The summed E-state index contributed by atoms with van der Waals surface area (Å²) in [6.07, 6.45) is 0. The van der Waals surface area contributed by atoms with Crippen LogP contribution >= 0.6 is 39.7 Å². The predicted octanol–water partition coefficient (Wildman–Crippen LogP) is 4.32. The summed E-state index contributed by atoms with van der Waals surface area (Å²) in [5.41, 5.74) is 7.18. The minimum absolute atomic E-state index is 0.266. The van der Waals surface area contributed by atoms with Gasteiger partial charge in [0.05, 0.1) is 12.1 Å². The fraction of sp³-hybridized carbons (Fsp3) is 0.133. The summed E-state index contributed by atoms with van der Waals surface area (Å²) < 4.78 is 11.9. The van der Waals surface area contributed by atoms with Gasteiger partial charge in [0.1, 0.15) is 23.1 Å². The maximum absolute atomic E-state index is 6.11. The fourth-order valence-corrected chi connectivity index (χ4v) is 2.60. The van der Waals surface area contributed by atoms with E-state index >= 15 is 0 Å². The van der Waals surface area contributed by atoms with Crippen molar-refractivity contribution in [2.45, 2.75) is 6.61 Å². The monoisotopic (exact) mass is 385 g/mol. The number of hydrogen-bond donors (Lipinski definition) is 1. The molecule has 0 amide bonds. The number of ether oxygens (including phenoxy) is 2. The normalized spacial score (nSPS) is 10.2. The van der Waals surface area contributed by atoms with Crippen LogP contribution in [0, 0.1) is 0 Å². The van der Waals surface area contributed by atoms with E-state index in [1.54, 1.807) is 25.3 Å². The third-order valence-electron chi connectivity index (χ3n) is 2.85. The van der Waals surface area contributed by atoms with Crippen LogP contribution in [0.25, 0.3) is 0 Å². The molecule has 2 rings (SSSR count). The standard InChI is InChI=1S/C15H13BrClNO2S/c1-19-10-3-5-13(16)9(6-10)8-20-11-2-4-12(15(18)21)14(17)7-11/h2-7H,8H2,1H3,(H2,18,21). The second kappa shape index (κ2) is 7.11. The van der Waals surface area contributed by atoms with E-state index < -0.39 is 0 Å². The molecule has 0 spiro atoms. The molecule has 0 heterocycles. The predicted molar refractivity (Wildman–Crippen MR) is 92.4 cm³/mol. The molecule has 0 aliphatic carbocycles. The van der Waals surface area contributed by atoms with Gasteiger partial charge in [-0.1, -0.05) is 39.7 Å². The Labute approximate surface area is 142 Å². The van der Waals surface area contributed by atoms with E-state index in [1.165, 1.54) is 0 Å². The van der Waals surface area contributed by atoms with Crippen LogP contribution in [-0.2, 0) is 6.61 Å². The van der Waals surface area contributed by atoms with Gasteiger partial charge in [0.2, 0.25) is 0 Å². The van der Waals surface area contributed by atoms with Crippen molar-refractivity contribution in [1.29, 1.82) is 0 Å². The Morgan fingerprint density at radius 1 is 1.24 bits per heavy atom.